The molecule has 156 valence electrons. The van der Waals surface area contributed by atoms with Gasteiger partial charge in [-0.25, -0.2) is 0 Å². The molecule has 4 aliphatic rings. The Kier molecular flexibility index (Phi) is 4.47. The summed E-state index contributed by atoms with van der Waals surface area (Å²) in [5, 5.41) is 21.3. The predicted molar refractivity (Wildman–Crippen MR) is 111 cm³/mol. The van der Waals surface area contributed by atoms with Gasteiger partial charge < -0.3 is 10.2 Å². The molecule has 4 saturated carbocycles. The van der Waals surface area contributed by atoms with Crippen LogP contribution >= 0.6 is 0 Å². The SMILES string of the molecule is CC1(C)CCC[C@@]2(C)C1CC[C@]1(C)C2CC[C@]2(C)[C@@H](CO)[C@](C)(O)CC[C@H]21. The van der Waals surface area contributed by atoms with E-state index in [4.69, 9.17) is 0 Å². The molecule has 0 aromatic carbocycles. The predicted octanol–water partition coefficient (Wildman–Crippen LogP) is 5.80. The van der Waals surface area contributed by atoms with Gasteiger partial charge in [0.05, 0.1) is 5.60 Å². The molecule has 0 aliphatic heterocycles. The van der Waals surface area contributed by atoms with Crippen molar-refractivity contribution < 1.29 is 10.2 Å². The maximum atomic E-state index is 11.1. The lowest BCUT2D eigenvalue weighted by molar-refractivity contribution is -0.240. The van der Waals surface area contributed by atoms with E-state index < -0.39 is 5.60 Å². The molecule has 0 spiro atoms. The van der Waals surface area contributed by atoms with Crippen molar-refractivity contribution >= 4 is 0 Å². The van der Waals surface area contributed by atoms with Gasteiger partial charge in [0.2, 0.25) is 0 Å². The minimum atomic E-state index is -0.711. The van der Waals surface area contributed by atoms with Crippen LogP contribution in [0.15, 0.2) is 0 Å². The van der Waals surface area contributed by atoms with E-state index in [0.717, 1.165) is 24.7 Å². The second-order valence-electron chi connectivity index (χ2n) is 12.7. The smallest absolute Gasteiger partial charge is 0.0675 e. The zero-order valence-corrected chi connectivity index (χ0v) is 18.8. The normalized spacial score (nSPS) is 57.3. The summed E-state index contributed by atoms with van der Waals surface area (Å²) in [4.78, 5) is 0. The highest BCUT2D eigenvalue weighted by Crippen LogP contribution is 2.73. The van der Waals surface area contributed by atoms with Crippen molar-refractivity contribution in [2.24, 2.45) is 45.3 Å². The van der Waals surface area contributed by atoms with Crippen molar-refractivity contribution in [1.29, 1.82) is 0 Å². The standard InChI is InChI=1S/C25H44O2/c1-21(2)11-7-12-22(3)17(21)8-13-23(4)18(22)9-14-24(5)19(23)10-15-25(6,27)20(24)16-26/h17-20,26-27H,7-16H2,1-6H3/t17?,18?,19-,20+,22-,23+,24-,25+/m0/s1. The van der Waals surface area contributed by atoms with E-state index in [0.29, 0.717) is 22.2 Å². The number of aliphatic hydroxyl groups excluding tert-OH is 1. The minimum Gasteiger partial charge on any atom is -0.396 e. The lowest BCUT2D eigenvalue weighted by Gasteiger charge is -2.71. The van der Waals surface area contributed by atoms with Crippen LogP contribution in [0.5, 0.6) is 0 Å². The fourth-order valence-electron chi connectivity index (χ4n) is 9.95. The molecular formula is C25H44O2. The number of rotatable bonds is 1. The van der Waals surface area contributed by atoms with Crippen LogP contribution in [0.4, 0.5) is 0 Å². The Morgan fingerprint density at radius 3 is 1.85 bits per heavy atom. The molecule has 4 fully saturated rings. The van der Waals surface area contributed by atoms with Crippen molar-refractivity contribution in [2.45, 2.75) is 105 Å². The van der Waals surface area contributed by atoms with Crippen LogP contribution in [0, 0.1) is 45.3 Å². The summed E-state index contributed by atoms with van der Waals surface area (Å²) in [6, 6.07) is 0. The van der Waals surface area contributed by atoms with Gasteiger partial charge in [-0.3, -0.25) is 0 Å². The topological polar surface area (TPSA) is 40.5 Å². The first-order valence-corrected chi connectivity index (χ1v) is 11.7. The molecule has 2 N–H and O–H groups in total. The third kappa shape index (κ3) is 2.57. The third-order valence-corrected chi connectivity index (χ3v) is 11.1. The van der Waals surface area contributed by atoms with Crippen LogP contribution in [-0.4, -0.2) is 22.4 Å². The lowest BCUT2D eigenvalue weighted by atomic mass is 9.34. The molecule has 2 nitrogen and oxygen atoms in total. The fourth-order valence-corrected chi connectivity index (χ4v) is 9.95. The van der Waals surface area contributed by atoms with Gasteiger partial charge in [0.15, 0.2) is 0 Å². The molecule has 27 heavy (non-hydrogen) atoms. The molecule has 8 atom stereocenters. The molecule has 0 saturated heterocycles. The molecule has 2 unspecified atom stereocenters. The van der Waals surface area contributed by atoms with E-state index in [9.17, 15) is 10.2 Å². The van der Waals surface area contributed by atoms with Gasteiger partial charge in [-0.15, -0.1) is 0 Å². The van der Waals surface area contributed by atoms with E-state index in [1.807, 2.05) is 6.92 Å². The zero-order chi connectivity index (χ0) is 19.9. The van der Waals surface area contributed by atoms with Crippen LogP contribution < -0.4 is 0 Å². The second-order valence-corrected chi connectivity index (χ2v) is 12.7. The van der Waals surface area contributed by atoms with Crippen LogP contribution in [0.2, 0.25) is 0 Å². The van der Waals surface area contributed by atoms with Gasteiger partial charge in [-0.2, -0.15) is 0 Å². The summed E-state index contributed by atoms with van der Waals surface area (Å²) in [6.07, 6.45) is 11.4. The largest absolute Gasteiger partial charge is 0.396 e. The quantitative estimate of drug-likeness (QED) is 0.607. The van der Waals surface area contributed by atoms with Gasteiger partial charge in [0, 0.05) is 12.5 Å². The Morgan fingerprint density at radius 1 is 0.667 bits per heavy atom. The molecule has 0 bridgehead atoms. The molecule has 0 amide bonds. The van der Waals surface area contributed by atoms with E-state index in [1.165, 1.54) is 44.9 Å². The monoisotopic (exact) mass is 376 g/mol. The lowest BCUT2D eigenvalue weighted by Crippen LogP contribution is -2.65. The number of fused-ring (bicyclic) bond motifs is 5. The molecule has 4 rings (SSSR count). The summed E-state index contributed by atoms with van der Waals surface area (Å²) in [5.74, 6) is 2.34. The van der Waals surface area contributed by atoms with Gasteiger partial charge >= 0.3 is 0 Å². The van der Waals surface area contributed by atoms with E-state index in [-0.39, 0.29) is 17.9 Å². The molecule has 0 aromatic rings. The van der Waals surface area contributed by atoms with Crippen LogP contribution in [-0.2, 0) is 0 Å². The van der Waals surface area contributed by atoms with Crippen LogP contribution in [0.25, 0.3) is 0 Å². The van der Waals surface area contributed by atoms with Crippen LogP contribution in [0.3, 0.4) is 0 Å². The highest BCUT2D eigenvalue weighted by atomic mass is 16.3. The molecular weight excluding hydrogens is 332 g/mol. The first kappa shape index (κ1) is 20.2. The molecule has 0 aromatic heterocycles. The molecule has 0 heterocycles. The van der Waals surface area contributed by atoms with Crippen molar-refractivity contribution in [3.05, 3.63) is 0 Å². The fraction of sp³-hybridized carbons (Fsp3) is 1.00. The average molecular weight is 377 g/mol. The van der Waals surface area contributed by atoms with Gasteiger partial charge in [-0.1, -0.05) is 41.0 Å². The van der Waals surface area contributed by atoms with E-state index >= 15 is 0 Å². The van der Waals surface area contributed by atoms with Crippen molar-refractivity contribution in [1.82, 2.24) is 0 Å². The Bertz CT molecular complexity index is 575. The third-order valence-electron chi connectivity index (χ3n) is 11.1. The molecule has 4 aliphatic carbocycles. The maximum absolute atomic E-state index is 11.1. The Labute approximate surface area is 167 Å². The highest BCUT2D eigenvalue weighted by molar-refractivity contribution is 5.16. The second kappa shape index (κ2) is 5.97. The van der Waals surface area contributed by atoms with Crippen LogP contribution in [0.1, 0.15) is 99.3 Å². The first-order chi connectivity index (χ1) is 12.4. The number of aliphatic hydroxyl groups is 2. The maximum Gasteiger partial charge on any atom is 0.0675 e. The van der Waals surface area contributed by atoms with Crippen molar-refractivity contribution in [3.63, 3.8) is 0 Å². The number of hydrogen-bond acceptors (Lipinski definition) is 2. The van der Waals surface area contributed by atoms with Gasteiger partial charge in [0.1, 0.15) is 0 Å². The molecule has 0 radical (unpaired) electrons. The zero-order valence-electron chi connectivity index (χ0n) is 18.8. The van der Waals surface area contributed by atoms with E-state index in [1.54, 1.807) is 0 Å². The summed E-state index contributed by atoms with van der Waals surface area (Å²) in [7, 11) is 0. The average Bonchev–Trinajstić information content (AvgIpc) is 2.52. The minimum absolute atomic E-state index is 0.0230. The Morgan fingerprint density at radius 2 is 1.19 bits per heavy atom. The van der Waals surface area contributed by atoms with E-state index in [2.05, 4.69) is 34.6 Å². The Balaban J connectivity index is 1.73. The number of hydrogen-bond donors (Lipinski definition) is 2. The Hall–Kier alpha value is -0.0800. The van der Waals surface area contributed by atoms with Gasteiger partial charge in [-0.05, 0) is 97.7 Å². The first-order valence-electron chi connectivity index (χ1n) is 11.7. The van der Waals surface area contributed by atoms with Crippen molar-refractivity contribution in [3.8, 4) is 0 Å². The summed E-state index contributed by atoms with van der Waals surface area (Å²) >= 11 is 0. The highest BCUT2D eigenvalue weighted by Gasteiger charge is 2.67. The summed E-state index contributed by atoms with van der Waals surface area (Å²) < 4.78 is 0. The molecule has 2 heteroatoms. The van der Waals surface area contributed by atoms with Crippen molar-refractivity contribution in [2.75, 3.05) is 6.61 Å². The summed E-state index contributed by atoms with van der Waals surface area (Å²) in [5.41, 5.74) is 0.700. The summed E-state index contributed by atoms with van der Waals surface area (Å²) in [6.45, 7) is 14.8. The van der Waals surface area contributed by atoms with Gasteiger partial charge in [0.25, 0.3) is 0 Å².